The van der Waals surface area contributed by atoms with Crippen LogP contribution in [0, 0.1) is 16.0 Å². The number of nitrogens with zero attached hydrogens (tertiary/aromatic N) is 2. The number of sulfonamides is 1. The highest BCUT2D eigenvalue weighted by Gasteiger charge is 2.28. The summed E-state index contributed by atoms with van der Waals surface area (Å²) in [5.74, 6) is -0.838. The zero-order valence-corrected chi connectivity index (χ0v) is 20.6. The van der Waals surface area contributed by atoms with Crippen LogP contribution in [-0.4, -0.2) is 38.2 Å². The number of rotatable bonds is 10. The number of non-ortho nitro benzene ring substituents is 1. The molecule has 0 aliphatic rings. The minimum Gasteiger partial charge on any atom is -0.352 e. The number of hydrogen-bond acceptors (Lipinski definition) is 6. The lowest BCUT2D eigenvalue weighted by molar-refractivity contribution is -0.384. The fourth-order valence-corrected chi connectivity index (χ4v) is 4.72. The molecule has 10 nitrogen and oxygen atoms in total. The summed E-state index contributed by atoms with van der Waals surface area (Å²) in [4.78, 5) is 36.0. The number of hydrogen-bond donors (Lipinski definition) is 2. The van der Waals surface area contributed by atoms with Crippen LogP contribution in [0.15, 0.2) is 83.8 Å². The molecule has 0 atom stereocenters. The Hall–Kier alpha value is -4.25. The second-order valence-electron chi connectivity index (χ2n) is 8.30. The maximum atomic E-state index is 13.4. The first-order chi connectivity index (χ1) is 17.1. The van der Waals surface area contributed by atoms with Crippen molar-refractivity contribution >= 4 is 38.9 Å². The largest absolute Gasteiger partial charge is 0.352 e. The van der Waals surface area contributed by atoms with Gasteiger partial charge in [0.1, 0.15) is 6.54 Å². The van der Waals surface area contributed by atoms with Crippen LogP contribution in [0.4, 0.5) is 17.1 Å². The molecular weight excluding hydrogens is 484 g/mol. The van der Waals surface area contributed by atoms with Gasteiger partial charge in [-0.15, -0.1) is 0 Å². The van der Waals surface area contributed by atoms with Crippen molar-refractivity contribution in [1.82, 2.24) is 5.32 Å². The summed E-state index contributed by atoms with van der Waals surface area (Å²) in [5, 5.41) is 16.4. The van der Waals surface area contributed by atoms with E-state index in [1.54, 1.807) is 42.5 Å². The zero-order chi connectivity index (χ0) is 26.3. The predicted octanol–water partition coefficient (Wildman–Crippen LogP) is 3.81. The Kier molecular flexibility index (Phi) is 8.38. The van der Waals surface area contributed by atoms with E-state index in [0.29, 0.717) is 6.54 Å². The van der Waals surface area contributed by atoms with Crippen LogP contribution in [0.3, 0.4) is 0 Å². The van der Waals surface area contributed by atoms with Crippen molar-refractivity contribution in [3.63, 3.8) is 0 Å². The molecule has 3 aromatic rings. The molecule has 0 heterocycles. The average molecular weight is 511 g/mol. The van der Waals surface area contributed by atoms with Crippen LogP contribution in [-0.2, 0) is 14.8 Å². The van der Waals surface area contributed by atoms with Gasteiger partial charge in [0.2, 0.25) is 5.91 Å². The van der Waals surface area contributed by atoms with Crippen molar-refractivity contribution in [3.8, 4) is 0 Å². The zero-order valence-electron chi connectivity index (χ0n) is 19.7. The van der Waals surface area contributed by atoms with Gasteiger partial charge in [-0.2, -0.15) is 0 Å². The van der Waals surface area contributed by atoms with Gasteiger partial charge in [-0.3, -0.25) is 24.0 Å². The molecule has 0 saturated heterocycles. The summed E-state index contributed by atoms with van der Waals surface area (Å²) >= 11 is 0. The summed E-state index contributed by atoms with van der Waals surface area (Å²) in [6.07, 6.45) is 0. The lowest BCUT2D eigenvalue weighted by Gasteiger charge is -2.24. The van der Waals surface area contributed by atoms with Crippen LogP contribution >= 0.6 is 0 Å². The molecule has 0 aliphatic heterocycles. The van der Waals surface area contributed by atoms with Crippen molar-refractivity contribution < 1.29 is 22.9 Å². The first-order valence-electron chi connectivity index (χ1n) is 11.1. The minimum atomic E-state index is -4.20. The molecule has 0 aliphatic carbocycles. The van der Waals surface area contributed by atoms with Crippen LogP contribution in [0.2, 0.25) is 0 Å². The van der Waals surface area contributed by atoms with Gasteiger partial charge in [-0.25, -0.2) is 8.42 Å². The lowest BCUT2D eigenvalue weighted by atomic mass is 10.1. The Morgan fingerprint density at radius 2 is 1.56 bits per heavy atom. The van der Waals surface area contributed by atoms with Gasteiger partial charge in [-0.05, 0) is 42.3 Å². The fraction of sp³-hybridized carbons (Fsp3) is 0.200. The molecule has 0 radical (unpaired) electrons. The molecular formula is C25H26N4O6S. The Bertz CT molecular complexity index is 1340. The molecule has 188 valence electrons. The van der Waals surface area contributed by atoms with Gasteiger partial charge < -0.3 is 10.6 Å². The highest BCUT2D eigenvalue weighted by atomic mass is 32.2. The minimum absolute atomic E-state index is 0.0513. The van der Waals surface area contributed by atoms with Crippen LogP contribution in [0.1, 0.15) is 24.2 Å². The summed E-state index contributed by atoms with van der Waals surface area (Å²) in [7, 11) is -4.20. The van der Waals surface area contributed by atoms with E-state index in [1.807, 2.05) is 13.8 Å². The first-order valence-corrected chi connectivity index (χ1v) is 12.5. The van der Waals surface area contributed by atoms with E-state index < -0.39 is 27.4 Å². The second-order valence-corrected chi connectivity index (χ2v) is 10.2. The third kappa shape index (κ3) is 6.45. The number of nitrogens with one attached hydrogen (secondary N) is 2. The van der Waals surface area contributed by atoms with Gasteiger partial charge in [0.25, 0.3) is 21.6 Å². The van der Waals surface area contributed by atoms with E-state index in [4.69, 9.17) is 0 Å². The van der Waals surface area contributed by atoms with Gasteiger partial charge in [0.05, 0.1) is 26.8 Å². The molecule has 2 N–H and O–H groups in total. The highest BCUT2D eigenvalue weighted by Crippen LogP contribution is 2.26. The van der Waals surface area contributed by atoms with E-state index in [0.717, 1.165) is 16.4 Å². The Morgan fingerprint density at radius 1 is 0.944 bits per heavy atom. The average Bonchev–Trinajstić information content (AvgIpc) is 2.86. The maximum absolute atomic E-state index is 13.4. The van der Waals surface area contributed by atoms with E-state index in [1.165, 1.54) is 24.3 Å². The molecule has 0 bridgehead atoms. The van der Waals surface area contributed by atoms with Gasteiger partial charge in [0, 0.05) is 18.7 Å². The molecule has 11 heteroatoms. The monoisotopic (exact) mass is 510 g/mol. The number of carbonyl (C=O) groups excluding carboxylic acids is 2. The van der Waals surface area contributed by atoms with E-state index >= 15 is 0 Å². The second kappa shape index (κ2) is 11.5. The molecule has 3 aromatic carbocycles. The topological polar surface area (TPSA) is 139 Å². The van der Waals surface area contributed by atoms with E-state index in [9.17, 15) is 28.1 Å². The number of nitro groups is 1. The van der Waals surface area contributed by atoms with E-state index in [2.05, 4.69) is 10.6 Å². The normalized spacial score (nSPS) is 11.1. The molecule has 2 amide bonds. The van der Waals surface area contributed by atoms with Crippen LogP contribution < -0.4 is 14.9 Å². The molecule has 0 spiro atoms. The number of para-hydroxylation sites is 1. The molecule has 0 aromatic heterocycles. The summed E-state index contributed by atoms with van der Waals surface area (Å²) in [5.41, 5.74) is 0.313. The summed E-state index contributed by atoms with van der Waals surface area (Å²) < 4.78 is 27.7. The third-order valence-corrected chi connectivity index (χ3v) is 6.87. The SMILES string of the molecule is CC(C)CNC(=O)c1ccccc1NC(=O)CN(c1ccc([N+](=O)[O-])cc1)S(=O)(=O)c1ccccc1. The molecule has 0 fully saturated rings. The third-order valence-electron chi connectivity index (χ3n) is 5.08. The lowest BCUT2D eigenvalue weighted by Crippen LogP contribution is -2.38. The van der Waals surface area contributed by atoms with Gasteiger partial charge in [-0.1, -0.05) is 44.2 Å². The highest BCUT2D eigenvalue weighted by molar-refractivity contribution is 7.92. The maximum Gasteiger partial charge on any atom is 0.269 e. The smallest absolute Gasteiger partial charge is 0.269 e. The number of nitro benzene ring substituents is 1. The van der Waals surface area contributed by atoms with Crippen molar-refractivity contribution in [1.29, 1.82) is 0 Å². The summed E-state index contributed by atoms with van der Waals surface area (Å²) in [6, 6.07) is 18.8. The molecule has 36 heavy (non-hydrogen) atoms. The standard InChI is InChI=1S/C25H26N4O6S/c1-18(2)16-26-25(31)22-10-6-7-11-23(22)27-24(30)17-28(19-12-14-20(15-13-19)29(32)33)36(34,35)21-8-4-3-5-9-21/h3-15,18H,16-17H2,1-2H3,(H,26,31)(H,27,30). The molecule has 3 rings (SSSR count). The van der Waals surface area contributed by atoms with Gasteiger partial charge >= 0.3 is 0 Å². The number of benzene rings is 3. The van der Waals surface area contributed by atoms with Crippen LogP contribution in [0.5, 0.6) is 0 Å². The van der Waals surface area contributed by atoms with Crippen LogP contribution in [0.25, 0.3) is 0 Å². The quantitative estimate of drug-likeness (QED) is 0.314. The number of carbonyl (C=O) groups is 2. The van der Waals surface area contributed by atoms with Crippen molar-refractivity contribution in [2.45, 2.75) is 18.7 Å². The van der Waals surface area contributed by atoms with Crippen molar-refractivity contribution in [3.05, 3.63) is 94.5 Å². The van der Waals surface area contributed by atoms with Crippen molar-refractivity contribution in [2.24, 2.45) is 5.92 Å². The summed E-state index contributed by atoms with van der Waals surface area (Å²) in [6.45, 7) is 3.73. The predicted molar refractivity (Wildman–Crippen MR) is 136 cm³/mol. The molecule has 0 unspecified atom stereocenters. The Morgan fingerprint density at radius 3 is 2.17 bits per heavy atom. The first kappa shape index (κ1) is 26.4. The molecule has 0 saturated carbocycles. The fourth-order valence-electron chi connectivity index (χ4n) is 3.28. The Balaban J connectivity index is 1.91. The van der Waals surface area contributed by atoms with Crippen molar-refractivity contribution in [2.75, 3.05) is 22.7 Å². The number of anilines is 2. The van der Waals surface area contributed by atoms with Gasteiger partial charge in [0.15, 0.2) is 0 Å². The Labute approximate surface area is 209 Å². The number of amides is 2. The van der Waals surface area contributed by atoms with E-state index in [-0.39, 0.29) is 39.3 Å².